The van der Waals surface area contributed by atoms with Crippen molar-refractivity contribution in [1.82, 2.24) is 14.6 Å². The molecule has 7 heteroatoms. The van der Waals surface area contributed by atoms with E-state index in [1.54, 1.807) is 13.2 Å². The summed E-state index contributed by atoms with van der Waals surface area (Å²) in [5.74, 6) is 1.58. The maximum absolute atomic E-state index is 13.9. The van der Waals surface area contributed by atoms with Crippen molar-refractivity contribution in [3.05, 3.63) is 96.8 Å². The predicted molar refractivity (Wildman–Crippen MR) is 141 cm³/mol. The number of benzene rings is 3. The predicted octanol–water partition coefficient (Wildman–Crippen LogP) is 5.54. The molecule has 0 saturated carbocycles. The number of anilines is 2. The molecule has 6 rings (SSSR count). The van der Waals surface area contributed by atoms with Gasteiger partial charge in [-0.05, 0) is 24.3 Å². The second kappa shape index (κ2) is 9.34. The lowest BCUT2D eigenvalue weighted by Gasteiger charge is -2.37. The highest BCUT2D eigenvalue weighted by molar-refractivity contribution is 5.71. The first-order valence-electron chi connectivity index (χ1n) is 12.0. The van der Waals surface area contributed by atoms with Crippen LogP contribution in [0.3, 0.4) is 0 Å². The summed E-state index contributed by atoms with van der Waals surface area (Å²) >= 11 is 0. The Morgan fingerprint density at radius 1 is 0.722 bits per heavy atom. The molecule has 0 bridgehead atoms. The van der Waals surface area contributed by atoms with E-state index in [2.05, 4.69) is 34.1 Å². The van der Waals surface area contributed by atoms with Gasteiger partial charge < -0.3 is 14.5 Å². The number of rotatable bonds is 5. The van der Waals surface area contributed by atoms with Gasteiger partial charge in [0, 0.05) is 49.4 Å². The van der Waals surface area contributed by atoms with Crippen LogP contribution in [0.4, 0.5) is 15.9 Å². The number of fused-ring (bicyclic) bond motifs is 1. The van der Waals surface area contributed by atoms with Crippen molar-refractivity contribution in [3.8, 4) is 28.3 Å². The third-order valence-electron chi connectivity index (χ3n) is 6.63. The summed E-state index contributed by atoms with van der Waals surface area (Å²) in [6, 6.07) is 28.8. The highest BCUT2D eigenvalue weighted by atomic mass is 19.1. The van der Waals surface area contributed by atoms with Crippen molar-refractivity contribution < 1.29 is 9.13 Å². The number of nitrogens with zero attached hydrogens (tertiary/aromatic N) is 5. The number of para-hydroxylation sites is 2. The third kappa shape index (κ3) is 4.13. The minimum absolute atomic E-state index is 0.282. The van der Waals surface area contributed by atoms with Gasteiger partial charge in [-0.25, -0.2) is 9.37 Å². The van der Waals surface area contributed by atoms with Crippen molar-refractivity contribution in [2.24, 2.45) is 0 Å². The molecule has 1 fully saturated rings. The van der Waals surface area contributed by atoms with Crippen molar-refractivity contribution in [2.45, 2.75) is 0 Å². The van der Waals surface area contributed by atoms with Gasteiger partial charge in [0.05, 0.1) is 24.2 Å². The van der Waals surface area contributed by atoms with Gasteiger partial charge in [0.25, 0.3) is 0 Å². The van der Waals surface area contributed by atoms with E-state index >= 15 is 0 Å². The van der Waals surface area contributed by atoms with Crippen LogP contribution in [-0.2, 0) is 0 Å². The third-order valence-corrected chi connectivity index (χ3v) is 6.63. The maximum atomic E-state index is 13.9. The highest BCUT2D eigenvalue weighted by Crippen LogP contribution is 2.31. The molecule has 0 spiro atoms. The minimum Gasteiger partial charge on any atom is -0.495 e. The Kier molecular flexibility index (Phi) is 5.73. The Hall–Kier alpha value is -4.39. The number of ether oxygens (including phenoxy) is 1. The highest BCUT2D eigenvalue weighted by Gasteiger charge is 2.23. The zero-order chi connectivity index (χ0) is 24.5. The Bertz CT molecular complexity index is 1510. The molecule has 0 N–H and O–H groups in total. The van der Waals surface area contributed by atoms with Crippen molar-refractivity contribution >= 4 is 17.2 Å². The van der Waals surface area contributed by atoms with Gasteiger partial charge >= 0.3 is 0 Å². The molecule has 0 amide bonds. The first-order valence-corrected chi connectivity index (χ1v) is 12.0. The fraction of sp³-hybridized carbons (Fsp3) is 0.172. The molecule has 1 saturated heterocycles. The molecule has 180 valence electrons. The molecular formula is C29H26FN5O. The van der Waals surface area contributed by atoms with Gasteiger partial charge in [-0.3, -0.25) is 0 Å². The quantitative estimate of drug-likeness (QED) is 0.331. The molecule has 6 nitrogen and oxygen atoms in total. The maximum Gasteiger partial charge on any atom is 0.158 e. The van der Waals surface area contributed by atoms with Crippen LogP contribution in [0.5, 0.6) is 5.75 Å². The standard InChI is InChI=1S/C29H26FN5O/c1-36-27-13-6-5-12-26(27)33-14-16-34(17-15-33)29-20-24(21-8-3-2-4-9-21)31-28-19-25(32-35(28)29)22-10-7-11-23(30)18-22/h2-13,18-20H,14-17H2,1H3. The molecule has 3 heterocycles. The number of halogens is 1. The van der Waals surface area contributed by atoms with E-state index in [0.717, 1.165) is 65.9 Å². The summed E-state index contributed by atoms with van der Waals surface area (Å²) in [5, 5.41) is 4.85. The smallest absolute Gasteiger partial charge is 0.158 e. The van der Waals surface area contributed by atoms with E-state index in [1.165, 1.54) is 12.1 Å². The summed E-state index contributed by atoms with van der Waals surface area (Å²) < 4.78 is 21.4. The molecule has 2 aromatic heterocycles. The Labute approximate surface area is 209 Å². The second-order valence-electron chi connectivity index (χ2n) is 8.82. The van der Waals surface area contributed by atoms with Crippen LogP contribution in [0.2, 0.25) is 0 Å². The fourth-order valence-corrected chi connectivity index (χ4v) is 4.80. The average Bonchev–Trinajstić information content (AvgIpc) is 3.38. The van der Waals surface area contributed by atoms with Gasteiger partial charge in [0.2, 0.25) is 0 Å². The van der Waals surface area contributed by atoms with Gasteiger partial charge in [-0.1, -0.05) is 54.6 Å². The summed E-state index contributed by atoms with van der Waals surface area (Å²) in [4.78, 5) is 9.60. The van der Waals surface area contributed by atoms with Crippen LogP contribution in [0.1, 0.15) is 0 Å². The Morgan fingerprint density at radius 3 is 2.22 bits per heavy atom. The van der Waals surface area contributed by atoms with E-state index in [1.807, 2.05) is 53.0 Å². The molecule has 0 aliphatic carbocycles. The lowest BCUT2D eigenvalue weighted by atomic mass is 10.1. The van der Waals surface area contributed by atoms with Crippen LogP contribution in [0.15, 0.2) is 91.0 Å². The van der Waals surface area contributed by atoms with E-state index in [4.69, 9.17) is 14.8 Å². The number of piperazine rings is 1. The van der Waals surface area contributed by atoms with E-state index in [-0.39, 0.29) is 5.82 Å². The lowest BCUT2D eigenvalue weighted by molar-refractivity contribution is 0.413. The molecule has 0 unspecified atom stereocenters. The number of methoxy groups -OCH3 is 1. The monoisotopic (exact) mass is 479 g/mol. The molecule has 36 heavy (non-hydrogen) atoms. The Balaban J connectivity index is 1.38. The van der Waals surface area contributed by atoms with Gasteiger partial charge in [-0.15, -0.1) is 0 Å². The Morgan fingerprint density at radius 2 is 1.44 bits per heavy atom. The first-order chi connectivity index (χ1) is 17.7. The van der Waals surface area contributed by atoms with Crippen LogP contribution in [0, 0.1) is 5.82 Å². The molecule has 0 radical (unpaired) electrons. The van der Waals surface area contributed by atoms with Crippen molar-refractivity contribution in [3.63, 3.8) is 0 Å². The lowest BCUT2D eigenvalue weighted by Crippen LogP contribution is -2.47. The van der Waals surface area contributed by atoms with E-state index in [9.17, 15) is 4.39 Å². The van der Waals surface area contributed by atoms with Crippen LogP contribution < -0.4 is 14.5 Å². The van der Waals surface area contributed by atoms with E-state index < -0.39 is 0 Å². The summed E-state index contributed by atoms with van der Waals surface area (Å²) in [6.45, 7) is 3.34. The topological polar surface area (TPSA) is 45.9 Å². The van der Waals surface area contributed by atoms with Gasteiger partial charge in [0.1, 0.15) is 17.4 Å². The molecular weight excluding hydrogens is 453 g/mol. The minimum atomic E-state index is -0.282. The van der Waals surface area contributed by atoms with Crippen molar-refractivity contribution in [1.29, 1.82) is 0 Å². The zero-order valence-electron chi connectivity index (χ0n) is 20.0. The van der Waals surface area contributed by atoms with Crippen molar-refractivity contribution in [2.75, 3.05) is 43.1 Å². The summed E-state index contributed by atoms with van der Waals surface area (Å²) in [5.41, 5.74) is 5.20. The van der Waals surface area contributed by atoms with E-state index in [0.29, 0.717) is 5.69 Å². The molecule has 3 aromatic carbocycles. The number of hydrogen-bond donors (Lipinski definition) is 0. The largest absolute Gasteiger partial charge is 0.495 e. The number of aromatic nitrogens is 3. The SMILES string of the molecule is COc1ccccc1N1CCN(c2cc(-c3ccccc3)nc3cc(-c4cccc(F)c4)nn23)CC1. The normalized spacial score (nSPS) is 13.8. The van der Waals surface area contributed by atoms with Crippen LogP contribution in [-0.4, -0.2) is 47.9 Å². The van der Waals surface area contributed by atoms with Crippen LogP contribution in [0.25, 0.3) is 28.2 Å². The zero-order valence-corrected chi connectivity index (χ0v) is 20.0. The molecule has 1 aliphatic rings. The second-order valence-corrected chi connectivity index (χ2v) is 8.82. The number of hydrogen-bond acceptors (Lipinski definition) is 5. The molecule has 0 atom stereocenters. The van der Waals surface area contributed by atoms with Gasteiger partial charge in [-0.2, -0.15) is 9.61 Å². The fourth-order valence-electron chi connectivity index (χ4n) is 4.80. The van der Waals surface area contributed by atoms with Gasteiger partial charge in [0.15, 0.2) is 5.65 Å². The average molecular weight is 480 g/mol. The summed E-state index contributed by atoms with van der Waals surface area (Å²) in [6.07, 6.45) is 0. The molecule has 5 aromatic rings. The molecule has 1 aliphatic heterocycles. The first kappa shape index (κ1) is 22.1. The van der Waals surface area contributed by atoms with Crippen LogP contribution >= 0.6 is 0 Å². The summed E-state index contributed by atoms with van der Waals surface area (Å²) in [7, 11) is 1.71.